The summed E-state index contributed by atoms with van der Waals surface area (Å²) >= 11 is 0. The second-order valence-electron chi connectivity index (χ2n) is 3.40. The molecule has 0 radical (unpaired) electrons. The summed E-state index contributed by atoms with van der Waals surface area (Å²) in [5.41, 5.74) is 0. The van der Waals surface area contributed by atoms with Crippen LogP contribution in [0.4, 0.5) is 0 Å². The van der Waals surface area contributed by atoms with Crippen molar-refractivity contribution in [3.05, 3.63) is 0 Å². The van der Waals surface area contributed by atoms with Crippen molar-refractivity contribution >= 4 is 10.1 Å². The summed E-state index contributed by atoms with van der Waals surface area (Å²) in [6.45, 7) is 4.56. The van der Waals surface area contributed by atoms with Crippen molar-refractivity contribution in [2.24, 2.45) is 0 Å². The van der Waals surface area contributed by atoms with Gasteiger partial charge in [-0.15, -0.1) is 0 Å². The van der Waals surface area contributed by atoms with Crippen molar-refractivity contribution in [2.75, 3.05) is 38.5 Å². The van der Waals surface area contributed by atoms with Gasteiger partial charge in [0, 0.05) is 26.2 Å². The quantitative estimate of drug-likeness (QED) is 0.572. The zero-order valence-electron chi connectivity index (χ0n) is 8.85. The van der Waals surface area contributed by atoms with Gasteiger partial charge in [-0.3, -0.25) is 9.08 Å². The van der Waals surface area contributed by atoms with E-state index < -0.39 is 16.3 Å². The zero-order chi connectivity index (χ0) is 11.3. The van der Waals surface area contributed by atoms with Crippen LogP contribution in [0.1, 0.15) is 6.92 Å². The molecule has 0 aromatic heterocycles. The Morgan fingerprint density at radius 2 is 2.07 bits per heavy atom. The number of aliphatic hydroxyl groups excluding tert-OH is 1. The van der Waals surface area contributed by atoms with Crippen LogP contribution in [-0.4, -0.2) is 63.2 Å². The van der Waals surface area contributed by atoms with E-state index in [0.717, 1.165) is 13.1 Å². The second kappa shape index (κ2) is 5.76. The van der Waals surface area contributed by atoms with Gasteiger partial charge >= 0.3 is 0 Å². The number of piperazine rings is 1. The fraction of sp³-hybridized carbons (Fsp3) is 1.00. The molecule has 1 atom stereocenters. The summed E-state index contributed by atoms with van der Waals surface area (Å²) < 4.78 is 27.1. The molecule has 1 saturated heterocycles. The molecular formula is C8H18N2O4S. The molecule has 1 unspecified atom stereocenters. The van der Waals surface area contributed by atoms with Crippen molar-refractivity contribution < 1.29 is 17.7 Å². The molecule has 90 valence electrons. The average Bonchev–Trinajstić information content (AvgIpc) is 2.18. The Morgan fingerprint density at radius 3 is 2.60 bits per heavy atom. The van der Waals surface area contributed by atoms with Crippen LogP contribution in [-0.2, 0) is 14.3 Å². The van der Waals surface area contributed by atoms with Gasteiger partial charge in [-0.25, -0.2) is 0 Å². The first kappa shape index (κ1) is 12.9. The Labute approximate surface area is 90.3 Å². The smallest absolute Gasteiger partial charge is 0.271 e. The predicted octanol–water partition coefficient (Wildman–Crippen LogP) is -1.42. The first-order valence-electron chi connectivity index (χ1n) is 5.05. The minimum absolute atomic E-state index is 0.108. The van der Waals surface area contributed by atoms with Crippen LogP contribution in [0.25, 0.3) is 0 Å². The highest BCUT2D eigenvalue weighted by atomic mass is 32.2. The van der Waals surface area contributed by atoms with Crippen LogP contribution in [0.15, 0.2) is 0 Å². The lowest BCUT2D eigenvalue weighted by Crippen LogP contribution is -2.50. The van der Waals surface area contributed by atoms with Gasteiger partial charge in [0.25, 0.3) is 10.1 Å². The van der Waals surface area contributed by atoms with Crippen LogP contribution in [0.5, 0.6) is 0 Å². The normalized spacial score (nSPS) is 21.5. The highest BCUT2D eigenvalue weighted by Gasteiger charge is 2.24. The second-order valence-corrected chi connectivity index (χ2v) is 5.08. The van der Waals surface area contributed by atoms with E-state index >= 15 is 0 Å². The number of hydrogen-bond donors (Lipinski definition) is 2. The average molecular weight is 238 g/mol. The summed E-state index contributed by atoms with van der Waals surface area (Å²) in [6, 6.07) is 0. The van der Waals surface area contributed by atoms with Gasteiger partial charge in [0.1, 0.15) is 12.0 Å². The number of rotatable bonds is 5. The minimum Gasteiger partial charge on any atom is -0.377 e. The molecule has 0 aliphatic carbocycles. The van der Waals surface area contributed by atoms with Gasteiger partial charge in [0.05, 0.1) is 6.61 Å². The highest BCUT2D eigenvalue weighted by molar-refractivity contribution is 7.86. The van der Waals surface area contributed by atoms with Gasteiger partial charge in [0.2, 0.25) is 0 Å². The Kier molecular flexibility index (Phi) is 4.94. The number of nitrogens with one attached hydrogen (secondary N) is 1. The van der Waals surface area contributed by atoms with Crippen molar-refractivity contribution in [3.63, 3.8) is 0 Å². The molecule has 0 spiro atoms. The standard InChI is InChI=1S/C8H18N2O4S/c1-2-14-15(12,13)7-8(11)10-5-3-9-4-6-10/h8-9,11H,2-7H2,1H3. The molecule has 6 nitrogen and oxygen atoms in total. The lowest BCUT2D eigenvalue weighted by Gasteiger charge is -2.31. The Bertz CT molecular complexity index is 274. The fourth-order valence-corrected chi connectivity index (χ4v) is 2.53. The van der Waals surface area contributed by atoms with E-state index in [2.05, 4.69) is 9.50 Å². The van der Waals surface area contributed by atoms with Crippen molar-refractivity contribution in [1.29, 1.82) is 0 Å². The molecule has 0 amide bonds. The Morgan fingerprint density at radius 1 is 1.47 bits per heavy atom. The van der Waals surface area contributed by atoms with Crippen molar-refractivity contribution in [2.45, 2.75) is 13.2 Å². The van der Waals surface area contributed by atoms with E-state index in [1.807, 2.05) is 0 Å². The molecule has 15 heavy (non-hydrogen) atoms. The maximum Gasteiger partial charge on any atom is 0.271 e. The summed E-state index contributed by atoms with van der Waals surface area (Å²) in [4.78, 5) is 1.73. The molecule has 1 aliphatic heterocycles. The minimum atomic E-state index is -3.59. The molecule has 1 rings (SSSR count). The maximum atomic E-state index is 11.3. The fourth-order valence-electron chi connectivity index (χ4n) is 1.50. The zero-order valence-corrected chi connectivity index (χ0v) is 9.66. The van der Waals surface area contributed by atoms with E-state index in [4.69, 9.17) is 0 Å². The summed E-state index contributed by atoms with van der Waals surface area (Å²) in [5, 5.41) is 12.8. The molecule has 1 heterocycles. The summed E-state index contributed by atoms with van der Waals surface area (Å²) in [7, 11) is -3.59. The molecule has 7 heteroatoms. The molecule has 0 aromatic carbocycles. The number of aliphatic hydroxyl groups is 1. The Hall–Kier alpha value is -0.210. The molecular weight excluding hydrogens is 220 g/mol. The van der Waals surface area contributed by atoms with Crippen LogP contribution in [0, 0.1) is 0 Å². The third-order valence-corrected chi connectivity index (χ3v) is 3.52. The molecule has 0 bridgehead atoms. The third kappa shape index (κ3) is 4.43. The first-order chi connectivity index (χ1) is 7.05. The monoisotopic (exact) mass is 238 g/mol. The van der Waals surface area contributed by atoms with Crippen LogP contribution < -0.4 is 5.32 Å². The van der Waals surface area contributed by atoms with E-state index in [0.29, 0.717) is 13.1 Å². The topological polar surface area (TPSA) is 78.9 Å². The van der Waals surface area contributed by atoms with Gasteiger partial charge in [0.15, 0.2) is 0 Å². The van der Waals surface area contributed by atoms with Crippen molar-refractivity contribution in [1.82, 2.24) is 10.2 Å². The van der Waals surface area contributed by atoms with Crippen LogP contribution in [0.2, 0.25) is 0 Å². The van der Waals surface area contributed by atoms with Gasteiger partial charge < -0.3 is 10.4 Å². The molecule has 0 saturated carbocycles. The Balaban J connectivity index is 2.43. The predicted molar refractivity (Wildman–Crippen MR) is 55.9 cm³/mol. The van der Waals surface area contributed by atoms with E-state index in [1.165, 1.54) is 0 Å². The van der Waals surface area contributed by atoms with Gasteiger partial charge in [-0.2, -0.15) is 8.42 Å². The first-order valence-corrected chi connectivity index (χ1v) is 6.63. The van der Waals surface area contributed by atoms with E-state index in [1.54, 1.807) is 11.8 Å². The van der Waals surface area contributed by atoms with Crippen molar-refractivity contribution in [3.8, 4) is 0 Å². The largest absolute Gasteiger partial charge is 0.377 e. The third-order valence-electron chi connectivity index (χ3n) is 2.22. The molecule has 1 fully saturated rings. The van der Waals surface area contributed by atoms with E-state index in [9.17, 15) is 13.5 Å². The SMILES string of the molecule is CCOS(=O)(=O)CC(O)N1CCNCC1. The van der Waals surface area contributed by atoms with Gasteiger partial charge in [-0.05, 0) is 6.92 Å². The summed E-state index contributed by atoms with van der Waals surface area (Å²) in [5.74, 6) is -0.360. The number of nitrogens with zero attached hydrogens (tertiary/aromatic N) is 1. The van der Waals surface area contributed by atoms with Crippen LogP contribution in [0.3, 0.4) is 0 Å². The lowest BCUT2D eigenvalue weighted by molar-refractivity contribution is 0.0123. The number of hydrogen-bond acceptors (Lipinski definition) is 6. The highest BCUT2D eigenvalue weighted by Crippen LogP contribution is 2.03. The van der Waals surface area contributed by atoms with E-state index in [-0.39, 0.29) is 12.4 Å². The van der Waals surface area contributed by atoms with Gasteiger partial charge in [-0.1, -0.05) is 0 Å². The maximum absolute atomic E-state index is 11.3. The molecule has 0 aromatic rings. The lowest BCUT2D eigenvalue weighted by atomic mass is 10.3. The van der Waals surface area contributed by atoms with Crippen LogP contribution >= 0.6 is 0 Å². The molecule has 1 aliphatic rings. The summed E-state index contributed by atoms with van der Waals surface area (Å²) in [6.07, 6.45) is -0.969. The molecule has 2 N–H and O–H groups in total.